The zero-order valence-electron chi connectivity index (χ0n) is 11.2. The van der Waals surface area contributed by atoms with Crippen LogP contribution < -0.4 is 5.32 Å². The first-order chi connectivity index (χ1) is 8.61. The van der Waals surface area contributed by atoms with Crippen LogP contribution in [0.2, 0.25) is 0 Å². The first kappa shape index (κ1) is 13.0. The van der Waals surface area contributed by atoms with Crippen LogP contribution in [-0.4, -0.2) is 24.2 Å². The highest BCUT2D eigenvalue weighted by Gasteiger charge is 2.16. The van der Waals surface area contributed by atoms with E-state index in [0.717, 1.165) is 12.1 Å². The van der Waals surface area contributed by atoms with Crippen molar-refractivity contribution in [2.75, 3.05) is 13.7 Å². The van der Waals surface area contributed by atoms with Crippen molar-refractivity contribution in [1.29, 1.82) is 0 Å². The summed E-state index contributed by atoms with van der Waals surface area (Å²) in [6, 6.07) is 10.4. The molecular formula is C15H20N2O. The van der Waals surface area contributed by atoms with Gasteiger partial charge < -0.3 is 10.1 Å². The molecule has 1 heterocycles. The molecule has 0 amide bonds. The number of hydrogen-bond acceptors (Lipinski definition) is 3. The maximum absolute atomic E-state index is 5.19. The predicted octanol–water partition coefficient (Wildman–Crippen LogP) is 2.75. The van der Waals surface area contributed by atoms with Gasteiger partial charge in [0.25, 0.3) is 0 Å². The molecule has 0 fully saturated rings. The minimum absolute atomic E-state index is 0.0152. The average molecular weight is 244 g/mol. The Morgan fingerprint density at radius 1 is 1.28 bits per heavy atom. The van der Waals surface area contributed by atoms with Crippen LogP contribution in [0.3, 0.4) is 0 Å². The third kappa shape index (κ3) is 3.28. The van der Waals surface area contributed by atoms with Crippen molar-refractivity contribution in [3.63, 3.8) is 0 Å². The quantitative estimate of drug-likeness (QED) is 0.878. The Hall–Kier alpha value is -1.45. The van der Waals surface area contributed by atoms with Crippen molar-refractivity contribution < 1.29 is 4.74 Å². The maximum Gasteiger partial charge on any atom is 0.0702 e. The van der Waals surface area contributed by atoms with Crippen LogP contribution in [0.25, 0.3) is 10.9 Å². The van der Waals surface area contributed by atoms with Crippen molar-refractivity contribution in [3.8, 4) is 0 Å². The molecule has 0 bridgehead atoms. The number of ether oxygens (including phenoxy) is 1. The summed E-state index contributed by atoms with van der Waals surface area (Å²) >= 11 is 0. The molecule has 0 aliphatic carbocycles. The van der Waals surface area contributed by atoms with E-state index >= 15 is 0 Å². The molecule has 1 N–H and O–H groups in total. The molecule has 0 radical (unpaired) electrons. The number of rotatable bonds is 5. The highest BCUT2D eigenvalue weighted by Crippen LogP contribution is 2.14. The number of hydrogen-bond donors (Lipinski definition) is 1. The molecule has 0 aliphatic heterocycles. The molecule has 96 valence electrons. The van der Waals surface area contributed by atoms with Gasteiger partial charge in [-0.05, 0) is 37.6 Å². The van der Waals surface area contributed by atoms with Gasteiger partial charge in [0.2, 0.25) is 0 Å². The second-order valence-corrected chi connectivity index (χ2v) is 5.20. The number of benzene rings is 1. The predicted molar refractivity (Wildman–Crippen MR) is 74.5 cm³/mol. The van der Waals surface area contributed by atoms with Crippen LogP contribution in [0.5, 0.6) is 0 Å². The number of fused-ring (bicyclic) bond motifs is 1. The standard InChI is InChI=1S/C15H20N2O/c1-15(2,11-18-3)17-10-12-6-7-14-13(9-12)5-4-8-16-14/h4-9,17H,10-11H2,1-3H3. The summed E-state index contributed by atoms with van der Waals surface area (Å²) in [5.41, 5.74) is 2.29. The Morgan fingerprint density at radius 3 is 2.89 bits per heavy atom. The lowest BCUT2D eigenvalue weighted by molar-refractivity contribution is 0.128. The zero-order valence-corrected chi connectivity index (χ0v) is 11.2. The average Bonchev–Trinajstić information content (AvgIpc) is 2.36. The van der Waals surface area contributed by atoms with E-state index in [0.29, 0.717) is 6.61 Å². The molecule has 0 spiro atoms. The molecular weight excluding hydrogens is 224 g/mol. The van der Waals surface area contributed by atoms with E-state index in [9.17, 15) is 0 Å². The number of pyridine rings is 1. The molecule has 0 saturated carbocycles. The van der Waals surface area contributed by atoms with Crippen LogP contribution >= 0.6 is 0 Å². The van der Waals surface area contributed by atoms with Crippen molar-refractivity contribution in [2.45, 2.75) is 25.9 Å². The summed E-state index contributed by atoms with van der Waals surface area (Å²) in [4.78, 5) is 4.32. The van der Waals surface area contributed by atoms with E-state index < -0.39 is 0 Å². The van der Waals surface area contributed by atoms with Gasteiger partial charge in [-0.1, -0.05) is 12.1 Å². The molecule has 0 atom stereocenters. The molecule has 0 aliphatic rings. The first-order valence-corrected chi connectivity index (χ1v) is 6.18. The van der Waals surface area contributed by atoms with E-state index in [2.05, 4.69) is 48.4 Å². The van der Waals surface area contributed by atoms with Gasteiger partial charge in [-0.15, -0.1) is 0 Å². The monoisotopic (exact) mass is 244 g/mol. The summed E-state index contributed by atoms with van der Waals surface area (Å²) in [7, 11) is 1.73. The Kier molecular flexibility index (Phi) is 3.94. The van der Waals surface area contributed by atoms with Gasteiger partial charge >= 0.3 is 0 Å². The summed E-state index contributed by atoms with van der Waals surface area (Å²) in [5, 5.41) is 4.68. The minimum Gasteiger partial charge on any atom is -0.383 e. The second kappa shape index (κ2) is 5.46. The number of aromatic nitrogens is 1. The highest BCUT2D eigenvalue weighted by molar-refractivity contribution is 5.78. The van der Waals surface area contributed by atoms with Gasteiger partial charge in [0, 0.05) is 30.8 Å². The number of nitrogens with zero attached hydrogens (tertiary/aromatic N) is 1. The van der Waals surface area contributed by atoms with Crippen LogP contribution in [-0.2, 0) is 11.3 Å². The van der Waals surface area contributed by atoms with Crippen molar-refractivity contribution >= 4 is 10.9 Å². The van der Waals surface area contributed by atoms with Crippen LogP contribution in [0.1, 0.15) is 19.4 Å². The summed E-state index contributed by atoms with van der Waals surface area (Å²) < 4.78 is 5.19. The largest absolute Gasteiger partial charge is 0.383 e. The van der Waals surface area contributed by atoms with Gasteiger partial charge in [-0.2, -0.15) is 0 Å². The molecule has 0 saturated heterocycles. The van der Waals surface area contributed by atoms with E-state index in [1.54, 1.807) is 7.11 Å². The first-order valence-electron chi connectivity index (χ1n) is 6.18. The van der Waals surface area contributed by atoms with Gasteiger partial charge in [0.05, 0.1) is 12.1 Å². The fourth-order valence-corrected chi connectivity index (χ4v) is 1.99. The van der Waals surface area contributed by atoms with E-state index in [-0.39, 0.29) is 5.54 Å². The smallest absolute Gasteiger partial charge is 0.0702 e. The molecule has 3 nitrogen and oxygen atoms in total. The van der Waals surface area contributed by atoms with Crippen LogP contribution in [0, 0.1) is 0 Å². The van der Waals surface area contributed by atoms with Gasteiger partial charge in [-0.25, -0.2) is 0 Å². The highest BCUT2D eigenvalue weighted by atomic mass is 16.5. The van der Waals surface area contributed by atoms with E-state index in [4.69, 9.17) is 4.74 Å². The summed E-state index contributed by atoms with van der Waals surface area (Å²) in [6.07, 6.45) is 1.82. The van der Waals surface area contributed by atoms with Gasteiger partial charge in [-0.3, -0.25) is 4.98 Å². The lowest BCUT2D eigenvalue weighted by atomic mass is 10.1. The van der Waals surface area contributed by atoms with Crippen molar-refractivity contribution in [3.05, 3.63) is 42.1 Å². The zero-order chi connectivity index (χ0) is 13.0. The minimum atomic E-state index is -0.0152. The molecule has 2 rings (SSSR count). The summed E-state index contributed by atoms with van der Waals surface area (Å²) in [6.45, 7) is 5.81. The maximum atomic E-state index is 5.19. The molecule has 1 aromatic carbocycles. The lowest BCUT2D eigenvalue weighted by Crippen LogP contribution is -2.42. The SMILES string of the molecule is COCC(C)(C)NCc1ccc2ncccc2c1. The third-order valence-corrected chi connectivity index (χ3v) is 2.94. The van der Waals surface area contributed by atoms with Gasteiger partial charge in [0.15, 0.2) is 0 Å². The third-order valence-electron chi connectivity index (χ3n) is 2.94. The molecule has 0 unspecified atom stereocenters. The molecule has 1 aromatic heterocycles. The number of methoxy groups -OCH3 is 1. The fraction of sp³-hybridized carbons (Fsp3) is 0.400. The molecule has 3 heteroatoms. The normalized spacial score (nSPS) is 11.9. The Bertz CT molecular complexity index is 523. The van der Waals surface area contributed by atoms with Crippen molar-refractivity contribution in [1.82, 2.24) is 10.3 Å². The number of nitrogens with one attached hydrogen (secondary N) is 1. The Balaban J connectivity index is 2.08. The Labute approximate surface area is 108 Å². The lowest BCUT2D eigenvalue weighted by Gasteiger charge is -2.25. The Morgan fingerprint density at radius 2 is 2.11 bits per heavy atom. The van der Waals surface area contributed by atoms with E-state index in [1.165, 1.54) is 10.9 Å². The fourth-order valence-electron chi connectivity index (χ4n) is 1.99. The van der Waals surface area contributed by atoms with Crippen LogP contribution in [0.4, 0.5) is 0 Å². The molecule has 2 aromatic rings. The van der Waals surface area contributed by atoms with Crippen molar-refractivity contribution in [2.24, 2.45) is 0 Å². The molecule has 18 heavy (non-hydrogen) atoms. The second-order valence-electron chi connectivity index (χ2n) is 5.20. The van der Waals surface area contributed by atoms with E-state index in [1.807, 2.05) is 12.3 Å². The summed E-state index contributed by atoms with van der Waals surface area (Å²) in [5.74, 6) is 0. The topological polar surface area (TPSA) is 34.1 Å². The van der Waals surface area contributed by atoms with Gasteiger partial charge in [0.1, 0.15) is 0 Å². The van der Waals surface area contributed by atoms with Crippen LogP contribution in [0.15, 0.2) is 36.5 Å².